The van der Waals surface area contributed by atoms with Gasteiger partial charge in [-0.3, -0.25) is 10.1 Å². The van der Waals surface area contributed by atoms with E-state index < -0.39 is 10.5 Å². The van der Waals surface area contributed by atoms with Gasteiger partial charge in [0.05, 0.1) is 10.5 Å². The van der Waals surface area contributed by atoms with Crippen molar-refractivity contribution >= 4 is 17.3 Å². The fourth-order valence-electron chi connectivity index (χ4n) is 1.34. The van der Waals surface area contributed by atoms with Gasteiger partial charge in [-0.15, -0.1) is 0 Å². The third-order valence-electron chi connectivity index (χ3n) is 1.86. The lowest BCUT2D eigenvalue weighted by Gasteiger charge is -2.16. The highest BCUT2D eigenvalue weighted by Gasteiger charge is 2.21. The lowest BCUT2D eigenvalue weighted by Crippen LogP contribution is -2.22. The maximum atomic E-state index is 10.7. The van der Waals surface area contributed by atoms with Crippen LogP contribution in [-0.4, -0.2) is 15.6 Å². The summed E-state index contributed by atoms with van der Waals surface area (Å²) in [7, 11) is 0. The van der Waals surface area contributed by atoms with Crippen molar-refractivity contribution < 1.29 is 10.0 Å². The Bertz CT molecular complexity index is 385. The predicted octanol–water partition coefficient (Wildman–Crippen LogP) is 2.56. The molecule has 1 N–H and O–H groups in total. The molecule has 0 atom stereocenters. The maximum Gasteiger partial charge on any atom is 0.272 e. The van der Waals surface area contributed by atoms with E-state index in [2.05, 4.69) is 0 Å². The van der Waals surface area contributed by atoms with E-state index in [1.54, 1.807) is 13.8 Å². The summed E-state index contributed by atoms with van der Waals surface area (Å²) in [6, 6.07) is 4.33. The lowest BCUT2D eigenvalue weighted by molar-refractivity contribution is -0.385. The van der Waals surface area contributed by atoms with Crippen LogP contribution in [0.2, 0.25) is 5.02 Å². The molecule has 0 amide bonds. The van der Waals surface area contributed by atoms with Crippen LogP contribution in [0.5, 0.6) is 0 Å². The Morgan fingerprint density at radius 3 is 2.60 bits per heavy atom. The van der Waals surface area contributed by atoms with Crippen molar-refractivity contribution in [3.8, 4) is 0 Å². The zero-order valence-electron chi connectivity index (χ0n) is 8.53. The highest BCUT2D eigenvalue weighted by molar-refractivity contribution is 6.30. The highest BCUT2D eigenvalue weighted by Crippen LogP contribution is 2.26. The zero-order valence-corrected chi connectivity index (χ0v) is 9.28. The summed E-state index contributed by atoms with van der Waals surface area (Å²) in [5, 5.41) is 20.7. The van der Waals surface area contributed by atoms with Crippen molar-refractivity contribution in [2.75, 3.05) is 0 Å². The number of hydrogen-bond donors (Lipinski definition) is 1. The second-order valence-electron chi connectivity index (χ2n) is 4.02. The number of nitro benzene ring substituents is 1. The molecule has 1 aromatic carbocycles. The van der Waals surface area contributed by atoms with E-state index in [-0.39, 0.29) is 12.1 Å². The Labute approximate surface area is 92.6 Å². The predicted molar refractivity (Wildman–Crippen MR) is 58.1 cm³/mol. The lowest BCUT2D eigenvalue weighted by atomic mass is 9.97. The zero-order chi connectivity index (χ0) is 11.6. The summed E-state index contributed by atoms with van der Waals surface area (Å²) >= 11 is 5.75. The van der Waals surface area contributed by atoms with Crippen LogP contribution in [-0.2, 0) is 6.42 Å². The second-order valence-corrected chi connectivity index (χ2v) is 4.46. The van der Waals surface area contributed by atoms with Gasteiger partial charge in [-0.25, -0.2) is 0 Å². The van der Waals surface area contributed by atoms with Crippen molar-refractivity contribution in [1.82, 2.24) is 0 Å². The average molecular weight is 230 g/mol. The van der Waals surface area contributed by atoms with E-state index in [0.717, 1.165) is 0 Å². The Morgan fingerprint density at radius 1 is 1.53 bits per heavy atom. The van der Waals surface area contributed by atoms with Gasteiger partial charge in [0, 0.05) is 23.1 Å². The average Bonchev–Trinajstić information content (AvgIpc) is 1.99. The molecule has 15 heavy (non-hydrogen) atoms. The Balaban J connectivity index is 3.13. The molecule has 1 aromatic rings. The van der Waals surface area contributed by atoms with Crippen LogP contribution in [0.25, 0.3) is 0 Å². The molecule has 82 valence electrons. The first-order valence-corrected chi connectivity index (χ1v) is 4.82. The van der Waals surface area contributed by atoms with Crippen LogP contribution < -0.4 is 0 Å². The van der Waals surface area contributed by atoms with Crippen LogP contribution >= 0.6 is 11.6 Å². The maximum absolute atomic E-state index is 10.7. The SMILES string of the molecule is CC(C)(O)Cc1cc(Cl)ccc1[N+](=O)[O-]. The number of rotatable bonds is 3. The molecule has 0 saturated carbocycles. The number of benzene rings is 1. The molecule has 0 aliphatic rings. The van der Waals surface area contributed by atoms with Crippen molar-refractivity contribution in [1.29, 1.82) is 0 Å². The first-order valence-electron chi connectivity index (χ1n) is 4.45. The van der Waals surface area contributed by atoms with E-state index in [4.69, 9.17) is 11.6 Å². The molecule has 0 spiro atoms. The summed E-state index contributed by atoms with van der Waals surface area (Å²) < 4.78 is 0. The van der Waals surface area contributed by atoms with Gasteiger partial charge in [-0.2, -0.15) is 0 Å². The number of aliphatic hydroxyl groups is 1. The number of hydrogen-bond acceptors (Lipinski definition) is 3. The first-order chi connectivity index (χ1) is 6.79. The largest absolute Gasteiger partial charge is 0.390 e. The second kappa shape index (κ2) is 4.16. The Hall–Kier alpha value is -1.13. The van der Waals surface area contributed by atoms with E-state index in [9.17, 15) is 15.2 Å². The molecule has 0 aliphatic carbocycles. The molecule has 4 nitrogen and oxygen atoms in total. The number of nitrogens with zero attached hydrogens (tertiary/aromatic N) is 1. The third kappa shape index (κ3) is 3.49. The molecule has 0 bridgehead atoms. The summed E-state index contributed by atoms with van der Waals surface area (Å²) in [5.74, 6) is 0. The van der Waals surface area contributed by atoms with Gasteiger partial charge in [0.2, 0.25) is 0 Å². The fraction of sp³-hybridized carbons (Fsp3) is 0.400. The van der Waals surface area contributed by atoms with Gasteiger partial charge >= 0.3 is 0 Å². The van der Waals surface area contributed by atoms with Crippen LogP contribution in [0.3, 0.4) is 0 Å². The Kier molecular flexibility index (Phi) is 3.31. The summed E-state index contributed by atoms with van der Waals surface area (Å²) in [5.41, 5.74) is -0.559. The van der Waals surface area contributed by atoms with E-state index >= 15 is 0 Å². The minimum absolute atomic E-state index is 0.0125. The molecule has 0 aromatic heterocycles. The number of nitro groups is 1. The minimum atomic E-state index is -0.991. The van der Waals surface area contributed by atoms with Gasteiger partial charge in [-0.1, -0.05) is 11.6 Å². The Morgan fingerprint density at radius 2 is 2.13 bits per heavy atom. The molecular weight excluding hydrogens is 218 g/mol. The van der Waals surface area contributed by atoms with E-state index in [1.807, 2.05) is 0 Å². The van der Waals surface area contributed by atoms with Crippen LogP contribution in [0, 0.1) is 10.1 Å². The first kappa shape index (κ1) is 11.9. The standard InChI is InChI=1S/C10H12ClNO3/c1-10(2,13)6-7-5-8(11)3-4-9(7)12(14)15/h3-5,13H,6H2,1-2H3. The van der Waals surface area contributed by atoms with Gasteiger partial charge in [0.15, 0.2) is 0 Å². The van der Waals surface area contributed by atoms with Crippen LogP contribution in [0.15, 0.2) is 18.2 Å². The van der Waals surface area contributed by atoms with E-state index in [1.165, 1.54) is 18.2 Å². The fourth-order valence-corrected chi connectivity index (χ4v) is 1.53. The summed E-state index contributed by atoms with van der Waals surface area (Å²) in [6.07, 6.45) is 0.198. The number of halogens is 1. The molecule has 0 saturated heterocycles. The topological polar surface area (TPSA) is 63.4 Å². The van der Waals surface area contributed by atoms with Gasteiger partial charge in [0.25, 0.3) is 5.69 Å². The van der Waals surface area contributed by atoms with Crippen molar-refractivity contribution in [2.45, 2.75) is 25.9 Å². The smallest absolute Gasteiger partial charge is 0.272 e. The molecule has 0 heterocycles. The normalized spacial score (nSPS) is 11.5. The molecule has 0 unspecified atom stereocenters. The third-order valence-corrected chi connectivity index (χ3v) is 2.10. The van der Waals surface area contributed by atoms with Crippen LogP contribution in [0.1, 0.15) is 19.4 Å². The highest BCUT2D eigenvalue weighted by atomic mass is 35.5. The van der Waals surface area contributed by atoms with Gasteiger partial charge in [-0.05, 0) is 26.0 Å². The van der Waals surface area contributed by atoms with Gasteiger partial charge < -0.3 is 5.11 Å². The molecule has 5 heteroatoms. The van der Waals surface area contributed by atoms with Crippen molar-refractivity contribution in [2.24, 2.45) is 0 Å². The molecule has 0 radical (unpaired) electrons. The van der Waals surface area contributed by atoms with Crippen molar-refractivity contribution in [3.63, 3.8) is 0 Å². The summed E-state index contributed by atoms with van der Waals surface area (Å²) in [6.45, 7) is 3.19. The van der Waals surface area contributed by atoms with Gasteiger partial charge in [0.1, 0.15) is 0 Å². The monoisotopic (exact) mass is 229 g/mol. The molecule has 1 rings (SSSR count). The molecule has 0 aliphatic heterocycles. The van der Waals surface area contributed by atoms with Crippen LogP contribution in [0.4, 0.5) is 5.69 Å². The minimum Gasteiger partial charge on any atom is -0.390 e. The van der Waals surface area contributed by atoms with Crippen molar-refractivity contribution in [3.05, 3.63) is 38.9 Å². The molecular formula is C10H12ClNO3. The summed E-state index contributed by atoms with van der Waals surface area (Å²) in [4.78, 5) is 10.2. The van der Waals surface area contributed by atoms with E-state index in [0.29, 0.717) is 10.6 Å². The quantitative estimate of drug-likeness (QED) is 0.640. The molecule has 0 fully saturated rings.